The highest BCUT2D eigenvalue weighted by atomic mass is 35.5. The lowest BCUT2D eigenvalue weighted by atomic mass is 9.79. The molecule has 3 atom stereocenters. The number of nitriles is 1. The fraction of sp³-hybridized carbons (Fsp3) is 0.533. The normalized spacial score (nSPS) is 26.3. The highest BCUT2D eigenvalue weighted by Crippen LogP contribution is 2.30. The molecule has 0 aliphatic heterocycles. The number of hydrogen-bond donors (Lipinski definition) is 1. The van der Waals surface area contributed by atoms with E-state index in [1.807, 2.05) is 6.07 Å². The Labute approximate surface area is 131 Å². The van der Waals surface area contributed by atoms with Crippen LogP contribution in [0.15, 0.2) is 23.1 Å². The van der Waals surface area contributed by atoms with Crippen molar-refractivity contribution in [1.29, 1.82) is 5.26 Å². The molecule has 2 rings (SSSR count). The van der Waals surface area contributed by atoms with Gasteiger partial charge in [-0.2, -0.15) is 5.26 Å². The van der Waals surface area contributed by atoms with Crippen LogP contribution in [0.25, 0.3) is 0 Å². The summed E-state index contributed by atoms with van der Waals surface area (Å²) in [7, 11) is -3.59. The second-order valence-electron chi connectivity index (χ2n) is 5.84. The van der Waals surface area contributed by atoms with Crippen molar-refractivity contribution in [1.82, 2.24) is 4.72 Å². The summed E-state index contributed by atoms with van der Waals surface area (Å²) >= 11 is 5.91. The van der Waals surface area contributed by atoms with Crippen LogP contribution in [-0.4, -0.2) is 14.5 Å². The minimum absolute atomic E-state index is 0.0318. The number of rotatable bonds is 3. The lowest BCUT2D eigenvalue weighted by Crippen LogP contribution is -2.39. The molecule has 114 valence electrons. The van der Waals surface area contributed by atoms with E-state index >= 15 is 0 Å². The van der Waals surface area contributed by atoms with E-state index in [1.54, 1.807) is 0 Å². The fourth-order valence-corrected chi connectivity index (χ4v) is 4.29. The Morgan fingerprint density at radius 2 is 2.00 bits per heavy atom. The Balaban J connectivity index is 2.16. The van der Waals surface area contributed by atoms with Gasteiger partial charge in [0.25, 0.3) is 0 Å². The summed E-state index contributed by atoms with van der Waals surface area (Å²) < 4.78 is 27.5. The largest absolute Gasteiger partial charge is 0.240 e. The summed E-state index contributed by atoms with van der Waals surface area (Å²) in [5.74, 6) is 1.14. The maximum atomic E-state index is 12.4. The molecule has 1 aliphatic rings. The van der Waals surface area contributed by atoms with Gasteiger partial charge in [-0.15, -0.1) is 0 Å². The van der Waals surface area contributed by atoms with Crippen LogP contribution in [0.2, 0.25) is 5.02 Å². The summed E-state index contributed by atoms with van der Waals surface area (Å²) in [6, 6.07) is 6.07. The maximum absolute atomic E-state index is 12.4. The SMILES string of the molecule is CC1CCC(NS(=O)(=O)c2ccc(C#N)c(Cl)c2)CC1C. The molecule has 1 aromatic carbocycles. The monoisotopic (exact) mass is 326 g/mol. The van der Waals surface area contributed by atoms with Gasteiger partial charge in [0.1, 0.15) is 6.07 Å². The minimum Gasteiger partial charge on any atom is -0.208 e. The number of hydrogen-bond acceptors (Lipinski definition) is 3. The zero-order chi connectivity index (χ0) is 15.6. The van der Waals surface area contributed by atoms with E-state index in [9.17, 15) is 8.42 Å². The van der Waals surface area contributed by atoms with Crippen LogP contribution in [0, 0.1) is 23.2 Å². The summed E-state index contributed by atoms with van der Waals surface area (Å²) in [6.45, 7) is 4.36. The van der Waals surface area contributed by atoms with Gasteiger partial charge in [0.15, 0.2) is 0 Å². The van der Waals surface area contributed by atoms with Crippen LogP contribution in [0.1, 0.15) is 38.7 Å². The van der Waals surface area contributed by atoms with Crippen molar-refractivity contribution in [2.75, 3.05) is 0 Å². The van der Waals surface area contributed by atoms with E-state index in [1.165, 1.54) is 18.2 Å². The van der Waals surface area contributed by atoms with Crippen molar-refractivity contribution in [2.45, 2.75) is 44.0 Å². The first-order chi connectivity index (χ1) is 9.83. The van der Waals surface area contributed by atoms with Gasteiger partial charge >= 0.3 is 0 Å². The van der Waals surface area contributed by atoms with Gasteiger partial charge in [0, 0.05) is 6.04 Å². The molecule has 0 saturated heterocycles. The Morgan fingerprint density at radius 1 is 1.29 bits per heavy atom. The highest BCUT2D eigenvalue weighted by molar-refractivity contribution is 7.89. The third-order valence-corrected chi connectivity index (χ3v) is 6.12. The predicted octanol–water partition coefficient (Wildman–Crippen LogP) is 3.31. The zero-order valence-corrected chi connectivity index (χ0v) is 13.7. The van der Waals surface area contributed by atoms with E-state index in [0.29, 0.717) is 11.8 Å². The van der Waals surface area contributed by atoms with Crippen molar-refractivity contribution in [3.8, 4) is 6.07 Å². The zero-order valence-electron chi connectivity index (χ0n) is 12.1. The molecule has 3 unspecified atom stereocenters. The molecule has 1 fully saturated rings. The average molecular weight is 327 g/mol. The molecule has 0 bridgehead atoms. The molecular weight excluding hydrogens is 308 g/mol. The van der Waals surface area contributed by atoms with E-state index in [2.05, 4.69) is 18.6 Å². The van der Waals surface area contributed by atoms with Crippen LogP contribution in [-0.2, 0) is 10.0 Å². The first kappa shape index (κ1) is 16.3. The predicted molar refractivity (Wildman–Crippen MR) is 82.5 cm³/mol. The standard InChI is InChI=1S/C15H19ClN2O2S/c1-10-3-5-13(7-11(10)2)18-21(19,20)14-6-4-12(9-17)15(16)8-14/h4,6,8,10-11,13,18H,3,5,7H2,1-2H3. The van der Waals surface area contributed by atoms with Gasteiger partial charge in [-0.1, -0.05) is 25.4 Å². The molecule has 6 heteroatoms. The van der Waals surface area contributed by atoms with Gasteiger partial charge in [-0.3, -0.25) is 0 Å². The lowest BCUT2D eigenvalue weighted by molar-refractivity contribution is 0.242. The van der Waals surface area contributed by atoms with Crippen molar-refractivity contribution in [3.63, 3.8) is 0 Å². The van der Waals surface area contributed by atoms with E-state index in [0.717, 1.165) is 19.3 Å². The molecule has 1 saturated carbocycles. The van der Waals surface area contributed by atoms with E-state index in [-0.39, 0.29) is 21.5 Å². The number of nitrogens with one attached hydrogen (secondary N) is 1. The van der Waals surface area contributed by atoms with Crippen LogP contribution in [0.5, 0.6) is 0 Å². The molecule has 4 nitrogen and oxygen atoms in total. The second kappa shape index (κ2) is 6.35. The van der Waals surface area contributed by atoms with Crippen molar-refractivity contribution in [3.05, 3.63) is 28.8 Å². The summed E-state index contributed by atoms with van der Waals surface area (Å²) in [5, 5.41) is 8.99. The lowest BCUT2D eigenvalue weighted by Gasteiger charge is -2.32. The smallest absolute Gasteiger partial charge is 0.208 e. The second-order valence-corrected chi connectivity index (χ2v) is 7.96. The molecule has 1 aliphatic carbocycles. The topological polar surface area (TPSA) is 70.0 Å². The summed E-state index contributed by atoms with van der Waals surface area (Å²) in [4.78, 5) is 0.109. The third kappa shape index (κ3) is 3.76. The molecule has 0 radical (unpaired) electrons. The number of halogens is 1. The first-order valence-corrected chi connectivity index (χ1v) is 8.91. The molecule has 0 amide bonds. The molecule has 21 heavy (non-hydrogen) atoms. The Kier molecular flexibility index (Phi) is 4.92. The quantitative estimate of drug-likeness (QED) is 0.926. The van der Waals surface area contributed by atoms with E-state index in [4.69, 9.17) is 16.9 Å². The first-order valence-electron chi connectivity index (χ1n) is 7.05. The Bertz CT molecular complexity index is 667. The van der Waals surface area contributed by atoms with Crippen molar-refractivity contribution < 1.29 is 8.42 Å². The molecule has 0 heterocycles. The van der Waals surface area contributed by atoms with E-state index < -0.39 is 10.0 Å². The highest BCUT2D eigenvalue weighted by Gasteiger charge is 2.28. The summed E-state index contributed by atoms with van der Waals surface area (Å²) in [5.41, 5.74) is 0.274. The average Bonchev–Trinajstić information content (AvgIpc) is 2.42. The van der Waals surface area contributed by atoms with Gasteiger partial charge in [0.2, 0.25) is 10.0 Å². The van der Waals surface area contributed by atoms with Gasteiger partial charge < -0.3 is 0 Å². The molecule has 0 spiro atoms. The van der Waals surface area contributed by atoms with Gasteiger partial charge in [-0.25, -0.2) is 13.1 Å². The number of benzene rings is 1. The van der Waals surface area contributed by atoms with Crippen LogP contribution in [0.3, 0.4) is 0 Å². The summed E-state index contributed by atoms with van der Waals surface area (Å²) in [6.07, 6.45) is 2.74. The Morgan fingerprint density at radius 3 is 2.57 bits per heavy atom. The van der Waals surface area contributed by atoms with Crippen molar-refractivity contribution >= 4 is 21.6 Å². The molecule has 1 aromatic rings. The number of sulfonamides is 1. The van der Waals surface area contributed by atoms with Crippen LogP contribution >= 0.6 is 11.6 Å². The van der Waals surface area contributed by atoms with Gasteiger partial charge in [-0.05, 0) is 49.3 Å². The maximum Gasteiger partial charge on any atom is 0.240 e. The van der Waals surface area contributed by atoms with Gasteiger partial charge in [0.05, 0.1) is 15.5 Å². The number of nitrogens with zero attached hydrogens (tertiary/aromatic N) is 1. The Hall–Kier alpha value is -1.09. The molecule has 1 N–H and O–H groups in total. The molecular formula is C15H19ClN2O2S. The fourth-order valence-electron chi connectivity index (χ4n) is 2.70. The third-order valence-electron chi connectivity index (χ3n) is 4.29. The van der Waals surface area contributed by atoms with Crippen molar-refractivity contribution in [2.24, 2.45) is 11.8 Å². The van der Waals surface area contributed by atoms with Crippen LogP contribution in [0.4, 0.5) is 0 Å². The molecule has 0 aromatic heterocycles. The minimum atomic E-state index is -3.59. The van der Waals surface area contributed by atoms with Crippen LogP contribution < -0.4 is 4.72 Å².